The van der Waals surface area contributed by atoms with Crippen LogP contribution < -0.4 is 26.2 Å². The van der Waals surface area contributed by atoms with Gasteiger partial charge in [-0.15, -0.1) is 0 Å². The second-order valence-electron chi connectivity index (χ2n) is 27.3. The lowest BCUT2D eigenvalue weighted by atomic mass is 9.33. The summed E-state index contributed by atoms with van der Waals surface area (Å²) in [6.45, 7) is 46.5. The smallest absolute Gasteiger partial charge is 0.252 e. The Bertz CT molecular complexity index is 2830. The molecule has 0 aromatic heterocycles. The minimum atomic E-state index is -0.0863. The first kappa shape index (κ1) is 43.6. The van der Waals surface area contributed by atoms with E-state index in [1.807, 2.05) is 0 Å². The minimum Gasteiger partial charge on any atom is -0.311 e. The first-order valence-electron chi connectivity index (χ1n) is 24.8. The standard InChI is InChI=1S/C61H77BN2/c1-36-26-41-44(57(10,11)25-24-56(41,8)9)32-48(36)64-49-27-37(54(2,3)4)20-23-46(49)62-47-31-43-45(61(18,19)35-60(43,16)17)33-50(47)63(51-28-38(55(5,6)7)29-52(64)53(51)62)39-21-22-40-42(30-39)59(14,15)34-58(40,12)13/h20-23,26-33H,24-25,34-35H2,1-19H3. The fourth-order valence-electron chi connectivity index (χ4n) is 14.0. The van der Waals surface area contributed by atoms with Crippen molar-refractivity contribution in [2.24, 2.45) is 0 Å². The zero-order valence-electron chi connectivity index (χ0n) is 43.2. The average molecular weight is 849 g/mol. The highest BCUT2D eigenvalue weighted by molar-refractivity contribution is 7.00. The molecule has 3 heteroatoms. The van der Waals surface area contributed by atoms with Gasteiger partial charge < -0.3 is 9.80 Å². The molecule has 0 saturated heterocycles. The van der Waals surface area contributed by atoms with Gasteiger partial charge in [-0.25, -0.2) is 0 Å². The summed E-state index contributed by atoms with van der Waals surface area (Å²) in [5.41, 5.74) is 25.9. The van der Waals surface area contributed by atoms with E-state index in [1.54, 1.807) is 0 Å². The van der Waals surface area contributed by atoms with Crippen LogP contribution in [0.4, 0.5) is 34.1 Å². The lowest BCUT2D eigenvalue weighted by Crippen LogP contribution is -2.61. The summed E-state index contributed by atoms with van der Waals surface area (Å²) in [7, 11) is 0. The third-order valence-corrected chi connectivity index (χ3v) is 17.3. The summed E-state index contributed by atoms with van der Waals surface area (Å²) in [5.74, 6) is 0. The van der Waals surface area contributed by atoms with Crippen LogP contribution in [0.3, 0.4) is 0 Å². The monoisotopic (exact) mass is 849 g/mol. The zero-order valence-corrected chi connectivity index (χ0v) is 43.2. The van der Waals surface area contributed by atoms with Crippen molar-refractivity contribution in [3.05, 3.63) is 123 Å². The Hall–Kier alpha value is -4.24. The van der Waals surface area contributed by atoms with Gasteiger partial charge >= 0.3 is 0 Å². The molecule has 0 N–H and O–H groups in total. The number of nitrogens with zero attached hydrogens (tertiary/aromatic N) is 2. The summed E-state index contributed by atoms with van der Waals surface area (Å²) >= 11 is 0. The lowest BCUT2D eigenvalue weighted by Gasteiger charge is -2.47. The van der Waals surface area contributed by atoms with E-state index in [1.165, 1.54) is 113 Å². The predicted molar refractivity (Wildman–Crippen MR) is 279 cm³/mol. The Balaban J connectivity index is 1.36. The van der Waals surface area contributed by atoms with Gasteiger partial charge in [-0.05, 0) is 185 Å². The van der Waals surface area contributed by atoms with Gasteiger partial charge in [0.15, 0.2) is 0 Å². The van der Waals surface area contributed by atoms with Crippen molar-refractivity contribution in [3.8, 4) is 0 Å². The molecule has 2 aliphatic heterocycles. The van der Waals surface area contributed by atoms with Gasteiger partial charge in [-0.1, -0.05) is 155 Å². The average Bonchev–Trinajstić information content (AvgIpc) is 3.48. The Morgan fingerprint density at radius 2 is 0.859 bits per heavy atom. The van der Waals surface area contributed by atoms with Crippen LogP contribution >= 0.6 is 0 Å². The molecule has 5 aromatic rings. The summed E-state index contributed by atoms with van der Waals surface area (Å²) in [5, 5.41) is 0. The van der Waals surface area contributed by atoms with E-state index in [0.29, 0.717) is 0 Å². The van der Waals surface area contributed by atoms with Crippen LogP contribution in [0.1, 0.15) is 200 Å². The quantitative estimate of drug-likeness (QED) is 0.160. The normalized spacial score (nSPS) is 21.1. The van der Waals surface area contributed by atoms with Gasteiger partial charge in [-0.3, -0.25) is 0 Å². The van der Waals surface area contributed by atoms with Crippen LogP contribution in [0.25, 0.3) is 0 Å². The van der Waals surface area contributed by atoms with E-state index in [-0.39, 0.29) is 50.0 Å². The first-order chi connectivity index (χ1) is 29.3. The minimum absolute atomic E-state index is 0.0100. The molecular weight excluding hydrogens is 771 g/mol. The van der Waals surface area contributed by atoms with Crippen molar-refractivity contribution in [2.45, 2.75) is 201 Å². The van der Waals surface area contributed by atoms with Crippen molar-refractivity contribution in [3.63, 3.8) is 0 Å². The highest BCUT2D eigenvalue weighted by Gasteiger charge is 2.50. The first-order valence-corrected chi connectivity index (χ1v) is 24.8. The van der Waals surface area contributed by atoms with Crippen molar-refractivity contribution >= 4 is 57.2 Å². The van der Waals surface area contributed by atoms with Gasteiger partial charge in [0.1, 0.15) is 0 Å². The highest BCUT2D eigenvalue weighted by Crippen LogP contribution is 2.56. The van der Waals surface area contributed by atoms with Crippen molar-refractivity contribution in [1.29, 1.82) is 0 Å². The molecule has 2 heterocycles. The fraction of sp³-hybridized carbons (Fsp3) is 0.508. The number of aryl methyl sites for hydroxylation is 1. The number of hydrogen-bond donors (Lipinski definition) is 0. The number of anilines is 6. The number of benzene rings is 5. The van der Waals surface area contributed by atoms with Crippen LogP contribution in [0, 0.1) is 6.92 Å². The van der Waals surface area contributed by atoms with E-state index >= 15 is 0 Å². The van der Waals surface area contributed by atoms with Crippen molar-refractivity contribution < 1.29 is 0 Å². The van der Waals surface area contributed by atoms with Gasteiger partial charge in [0.05, 0.1) is 0 Å². The fourth-order valence-corrected chi connectivity index (χ4v) is 14.0. The molecule has 5 aliphatic rings. The number of hydrogen-bond acceptors (Lipinski definition) is 2. The Labute approximate surface area is 388 Å². The van der Waals surface area contributed by atoms with Crippen LogP contribution in [-0.2, 0) is 43.3 Å². The molecular formula is C61H77BN2. The molecule has 64 heavy (non-hydrogen) atoms. The molecule has 0 bridgehead atoms. The maximum absolute atomic E-state index is 2.74. The maximum atomic E-state index is 2.74. The van der Waals surface area contributed by atoms with Crippen molar-refractivity contribution in [1.82, 2.24) is 0 Å². The largest absolute Gasteiger partial charge is 0.311 e. The molecule has 10 rings (SSSR count). The summed E-state index contributed by atoms with van der Waals surface area (Å²) in [4.78, 5) is 5.46. The van der Waals surface area contributed by atoms with Crippen molar-refractivity contribution in [2.75, 3.05) is 9.80 Å². The topological polar surface area (TPSA) is 6.48 Å². The molecule has 0 fully saturated rings. The Kier molecular flexibility index (Phi) is 8.87. The second kappa shape index (κ2) is 13.0. The third-order valence-electron chi connectivity index (χ3n) is 17.3. The molecule has 0 amide bonds. The molecule has 0 atom stereocenters. The van der Waals surface area contributed by atoms with E-state index in [4.69, 9.17) is 0 Å². The summed E-state index contributed by atoms with van der Waals surface area (Å²) < 4.78 is 0. The molecule has 0 spiro atoms. The van der Waals surface area contributed by atoms with Crippen LogP contribution in [-0.4, -0.2) is 6.71 Å². The zero-order chi connectivity index (χ0) is 46.4. The van der Waals surface area contributed by atoms with E-state index in [9.17, 15) is 0 Å². The van der Waals surface area contributed by atoms with Crippen LogP contribution in [0.2, 0.25) is 0 Å². The van der Waals surface area contributed by atoms with Gasteiger partial charge in [0, 0.05) is 34.1 Å². The molecule has 0 radical (unpaired) electrons. The molecule has 5 aromatic carbocycles. The SMILES string of the molecule is Cc1cc2c(cc1N1c3cc(C(C)(C)C)ccc3B3c4cc5c(cc4N(c4ccc6c(c4)C(C)(C)CC6(C)C)c4cc(C(C)(C)C)cc1c43)C(C)(C)CC5(C)C)C(C)(C)CCC2(C)C. The molecule has 2 nitrogen and oxygen atoms in total. The molecule has 3 aliphatic carbocycles. The van der Waals surface area contributed by atoms with Gasteiger partial charge in [-0.2, -0.15) is 0 Å². The number of fused-ring (bicyclic) bond motifs is 7. The Morgan fingerprint density at radius 1 is 0.406 bits per heavy atom. The molecule has 0 saturated carbocycles. The maximum Gasteiger partial charge on any atom is 0.252 e. The van der Waals surface area contributed by atoms with Gasteiger partial charge in [0.2, 0.25) is 0 Å². The molecule has 334 valence electrons. The van der Waals surface area contributed by atoms with Crippen LogP contribution in [0.5, 0.6) is 0 Å². The number of rotatable bonds is 2. The lowest BCUT2D eigenvalue weighted by molar-refractivity contribution is 0.332. The van der Waals surface area contributed by atoms with Gasteiger partial charge in [0.25, 0.3) is 6.71 Å². The Morgan fingerprint density at radius 3 is 1.44 bits per heavy atom. The van der Waals surface area contributed by atoms with E-state index in [2.05, 4.69) is 214 Å². The van der Waals surface area contributed by atoms with E-state index < -0.39 is 0 Å². The van der Waals surface area contributed by atoms with Crippen LogP contribution in [0.15, 0.2) is 72.8 Å². The summed E-state index contributed by atoms with van der Waals surface area (Å²) in [6, 6.07) is 30.8. The summed E-state index contributed by atoms with van der Waals surface area (Å²) in [6.07, 6.45) is 4.69. The molecule has 0 unspecified atom stereocenters. The second-order valence-corrected chi connectivity index (χ2v) is 27.3. The highest BCUT2D eigenvalue weighted by atomic mass is 15.2. The predicted octanol–water partition coefficient (Wildman–Crippen LogP) is 14.9. The van der Waals surface area contributed by atoms with E-state index in [0.717, 1.165) is 12.8 Å². The third kappa shape index (κ3) is 6.24.